The third-order valence-electron chi connectivity index (χ3n) is 3.81. The summed E-state index contributed by atoms with van der Waals surface area (Å²) in [5, 5.41) is 0. The number of rotatable bonds is 5. The van der Waals surface area contributed by atoms with Gasteiger partial charge in [0.2, 0.25) is 0 Å². The molecule has 1 aliphatic heterocycles. The molecule has 2 heteroatoms. The molecule has 1 atom stereocenters. The Morgan fingerprint density at radius 1 is 1.27 bits per heavy atom. The van der Waals surface area contributed by atoms with Crippen LogP contribution < -0.4 is 10.9 Å². The second-order valence-corrected chi connectivity index (χ2v) is 5.23. The van der Waals surface area contributed by atoms with Gasteiger partial charge in [-0.15, -0.1) is 0 Å². The lowest BCUT2D eigenvalue weighted by Gasteiger charge is -2.13. The van der Waals surface area contributed by atoms with Gasteiger partial charge in [-0.3, -0.25) is 0 Å². The van der Waals surface area contributed by atoms with Crippen molar-refractivity contribution in [2.45, 2.75) is 26.3 Å². The molecule has 0 radical (unpaired) electrons. The van der Waals surface area contributed by atoms with Gasteiger partial charge in [0.05, 0.1) is 6.04 Å². The zero-order valence-electron chi connectivity index (χ0n) is 13.4. The summed E-state index contributed by atoms with van der Waals surface area (Å²) in [5.41, 5.74) is 12.2. The standard InChI is InChI=1S/C20H24N2/c1-5-8-10-16(7-3)17-11-13-18(14-12-17)20-19(9-6-2)15(4)21-22-20/h5-6,8-14,20-22H,2,4,7H2,1,3H3/b8-5-,16-10+,19-9+. The van der Waals surface area contributed by atoms with Gasteiger partial charge in [0.15, 0.2) is 0 Å². The van der Waals surface area contributed by atoms with E-state index in [1.54, 1.807) is 6.08 Å². The van der Waals surface area contributed by atoms with Crippen LogP contribution in [0.25, 0.3) is 5.57 Å². The number of hydrogen-bond acceptors (Lipinski definition) is 2. The predicted octanol–water partition coefficient (Wildman–Crippen LogP) is 4.83. The lowest BCUT2D eigenvalue weighted by atomic mass is 9.95. The zero-order valence-corrected chi connectivity index (χ0v) is 13.4. The van der Waals surface area contributed by atoms with E-state index in [0.717, 1.165) is 17.7 Å². The topological polar surface area (TPSA) is 24.1 Å². The fourth-order valence-electron chi connectivity index (χ4n) is 2.59. The summed E-state index contributed by atoms with van der Waals surface area (Å²) in [6.45, 7) is 12.0. The maximum absolute atomic E-state index is 4.02. The van der Waals surface area contributed by atoms with Crippen molar-refractivity contribution in [1.29, 1.82) is 0 Å². The van der Waals surface area contributed by atoms with Crippen LogP contribution in [-0.4, -0.2) is 0 Å². The van der Waals surface area contributed by atoms with Gasteiger partial charge in [0.25, 0.3) is 0 Å². The minimum atomic E-state index is 0.115. The minimum Gasteiger partial charge on any atom is -0.321 e. The number of benzene rings is 1. The Kier molecular flexibility index (Phi) is 5.56. The average molecular weight is 292 g/mol. The highest BCUT2D eigenvalue weighted by molar-refractivity contribution is 5.67. The Hall–Kier alpha value is -2.32. The summed E-state index contributed by atoms with van der Waals surface area (Å²) in [7, 11) is 0. The lowest BCUT2D eigenvalue weighted by Crippen LogP contribution is -2.23. The lowest BCUT2D eigenvalue weighted by molar-refractivity contribution is 0.614. The second kappa shape index (κ2) is 7.62. The largest absolute Gasteiger partial charge is 0.321 e. The molecule has 0 saturated carbocycles. The summed E-state index contributed by atoms with van der Waals surface area (Å²) in [6, 6.07) is 8.82. The van der Waals surface area contributed by atoms with Crippen molar-refractivity contribution in [3.8, 4) is 0 Å². The van der Waals surface area contributed by atoms with Crippen LogP contribution in [0.5, 0.6) is 0 Å². The second-order valence-electron chi connectivity index (χ2n) is 5.23. The van der Waals surface area contributed by atoms with Crippen molar-refractivity contribution < 1.29 is 0 Å². The van der Waals surface area contributed by atoms with Gasteiger partial charge < -0.3 is 5.43 Å². The van der Waals surface area contributed by atoms with E-state index in [1.165, 1.54) is 16.7 Å². The van der Waals surface area contributed by atoms with E-state index >= 15 is 0 Å². The molecule has 1 fully saturated rings. The third-order valence-corrected chi connectivity index (χ3v) is 3.81. The Morgan fingerprint density at radius 3 is 2.59 bits per heavy atom. The van der Waals surface area contributed by atoms with E-state index in [1.807, 2.05) is 13.0 Å². The number of allylic oxidation sites excluding steroid dienone is 6. The maximum atomic E-state index is 4.02. The van der Waals surface area contributed by atoms with Crippen LogP contribution in [0.4, 0.5) is 0 Å². The molecule has 0 aromatic heterocycles. The molecule has 2 nitrogen and oxygen atoms in total. The van der Waals surface area contributed by atoms with E-state index in [2.05, 4.69) is 73.4 Å². The van der Waals surface area contributed by atoms with Crippen molar-refractivity contribution >= 4 is 5.57 Å². The molecule has 114 valence electrons. The minimum absolute atomic E-state index is 0.115. The molecule has 1 unspecified atom stereocenters. The summed E-state index contributed by atoms with van der Waals surface area (Å²) < 4.78 is 0. The fraction of sp³-hybridized carbons (Fsp3) is 0.200. The molecule has 1 aliphatic rings. The number of hydrazine groups is 1. The van der Waals surface area contributed by atoms with Gasteiger partial charge in [-0.25, -0.2) is 5.43 Å². The van der Waals surface area contributed by atoms with Crippen LogP contribution in [0, 0.1) is 0 Å². The molecule has 0 amide bonds. The first-order valence-corrected chi connectivity index (χ1v) is 7.66. The molecule has 2 N–H and O–H groups in total. The molecular weight excluding hydrogens is 268 g/mol. The third kappa shape index (κ3) is 3.46. The Balaban J connectivity index is 2.27. The van der Waals surface area contributed by atoms with Gasteiger partial charge in [-0.05, 0) is 35.6 Å². The monoisotopic (exact) mass is 292 g/mol. The molecule has 1 aromatic carbocycles. The molecule has 0 bridgehead atoms. The average Bonchev–Trinajstić information content (AvgIpc) is 2.90. The van der Waals surface area contributed by atoms with Crippen LogP contribution in [0.15, 0.2) is 79.1 Å². The summed E-state index contributed by atoms with van der Waals surface area (Å²) >= 11 is 0. The van der Waals surface area contributed by atoms with E-state index in [9.17, 15) is 0 Å². The van der Waals surface area contributed by atoms with Crippen molar-refractivity contribution in [2.24, 2.45) is 0 Å². The van der Waals surface area contributed by atoms with E-state index in [4.69, 9.17) is 0 Å². The molecule has 1 aromatic rings. The highest BCUT2D eigenvalue weighted by Crippen LogP contribution is 2.30. The maximum Gasteiger partial charge on any atom is 0.0780 e. The molecule has 0 spiro atoms. The van der Waals surface area contributed by atoms with Crippen LogP contribution in [-0.2, 0) is 0 Å². The van der Waals surface area contributed by atoms with Crippen molar-refractivity contribution in [2.75, 3.05) is 0 Å². The van der Waals surface area contributed by atoms with Crippen LogP contribution in [0.3, 0.4) is 0 Å². The van der Waals surface area contributed by atoms with Gasteiger partial charge in [0.1, 0.15) is 0 Å². The van der Waals surface area contributed by atoms with Crippen molar-refractivity contribution in [3.63, 3.8) is 0 Å². The van der Waals surface area contributed by atoms with Gasteiger partial charge in [0, 0.05) is 5.70 Å². The number of hydrogen-bond donors (Lipinski definition) is 2. The van der Waals surface area contributed by atoms with Crippen LogP contribution >= 0.6 is 0 Å². The van der Waals surface area contributed by atoms with Crippen LogP contribution in [0.1, 0.15) is 37.4 Å². The molecule has 2 rings (SSSR count). The molecule has 0 aliphatic carbocycles. The highest BCUT2D eigenvalue weighted by atomic mass is 15.4. The first-order chi connectivity index (χ1) is 10.7. The summed E-state index contributed by atoms with van der Waals surface area (Å²) in [5.74, 6) is 0. The summed E-state index contributed by atoms with van der Waals surface area (Å²) in [4.78, 5) is 0. The zero-order chi connectivity index (χ0) is 15.9. The quantitative estimate of drug-likeness (QED) is 0.759. The SMILES string of the molecule is C=C/C=C1\C(=C)NNC1c1ccc(/C(=C/C=C\C)CC)cc1. The summed E-state index contributed by atoms with van der Waals surface area (Å²) in [6.07, 6.45) is 11.1. The number of nitrogens with one attached hydrogen (secondary N) is 2. The fourth-order valence-corrected chi connectivity index (χ4v) is 2.59. The molecular formula is C20H24N2. The van der Waals surface area contributed by atoms with E-state index in [-0.39, 0.29) is 6.04 Å². The highest BCUT2D eigenvalue weighted by Gasteiger charge is 2.24. The van der Waals surface area contributed by atoms with Gasteiger partial charge in [-0.2, -0.15) is 0 Å². The first kappa shape index (κ1) is 16.1. The van der Waals surface area contributed by atoms with Gasteiger partial charge >= 0.3 is 0 Å². The molecule has 1 heterocycles. The van der Waals surface area contributed by atoms with Crippen LogP contribution in [0.2, 0.25) is 0 Å². The Bertz CT molecular complexity index is 630. The van der Waals surface area contributed by atoms with E-state index in [0.29, 0.717) is 0 Å². The van der Waals surface area contributed by atoms with Crippen molar-refractivity contribution in [1.82, 2.24) is 10.9 Å². The Morgan fingerprint density at radius 2 is 2.00 bits per heavy atom. The molecule has 22 heavy (non-hydrogen) atoms. The normalized spacial score (nSPS) is 20.6. The van der Waals surface area contributed by atoms with E-state index < -0.39 is 0 Å². The molecule has 1 saturated heterocycles. The van der Waals surface area contributed by atoms with Gasteiger partial charge in [-0.1, -0.05) is 74.7 Å². The Labute approximate surface area is 133 Å². The smallest absolute Gasteiger partial charge is 0.0780 e. The predicted molar refractivity (Wildman–Crippen MR) is 96.0 cm³/mol. The first-order valence-electron chi connectivity index (χ1n) is 7.66. The van der Waals surface area contributed by atoms with Crippen molar-refractivity contribution in [3.05, 3.63) is 90.2 Å².